The monoisotopic (exact) mass is 287 g/mol. The molecule has 0 amide bonds. The van der Waals surface area contributed by atoms with Gasteiger partial charge in [-0.2, -0.15) is 0 Å². The molecule has 100 valence electrons. The maximum Gasteiger partial charge on any atom is 0.181 e. The number of rotatable bonds is 3. The van der Waals surface area contributed by atoms with Gasteiger partial charge >= 0.3 is 0 Å². The van der Waals surface area contributed by atoms with Gasteiger partial charge in [0.1, 0.15) is 5.82 Å². The Morgan fingerprint density at radius 2 is 1.90 bits per heavy atom. The molecule has 2 aromatic carbocycles. The molecule has 0 N–H and O–H groups in total. The zero-order chi connectivity index (χ0) is 13.9. The molecule has 20 heavy (non-hydrogen) atoms. The average molecular weight is 288 g/mol. The summed E-state index contributed by atoms with van der Waals surface area (Å²) in [4.78, 5) is 4.23. The molecule has 4 heteroatoms. The van der Waals surface area contributed by atoms with E-state index in [2.05, 4.69) is 4.98 Å². The number of halogens is 2. The molecule has 3 aromatic rings. The molecular weight excluding hydrogens is 277 g/mol. The Morgan fingerprint density at radius 3 is 2.65 bits per heavy atom. The number of hydrogen-bond acceptors (Lipinski definition) is 2. The minimum atomic E-state index is -0.372. The van der Waals surface area contributed by atoms with Crippen LogP contribution in [0.15, 0.2) is 59.3 Å². The molecule has 3 rings (SSSR count). The lowest BCUT2D eigenvalue weighted by atomic mass is 10.1. The molecule has 1 aromatic heterocycles. The zero-order valence-corrected chi connectivity index (χ0v) is 11.3. The van der Waals surface area contributed by atoms with Gasteiger partial charge in [-0.15, -0.1) is 0 Å². The van der Waals surface area contributed by atoms with Crippen LogP contribution in [0.2, 0.25) is 5.02 Å². The molecular formula is C16H11ClFNO. The lowest BCUT2D eigenvalue weighted by Crippen LogP contribution is -1.91. The van der Waals surface area contributed by atoms with Gasteiger partial charge in [-0.3, -0.25) is 0 Å². The third kappa shape index (κ3) is 2.58. The summed E-state index contributed by atoms with van der Waals surface area (Å²) >= 11 is 6.07. The van der Waals surface area contributed by atoms with Crippen molar-refractivity contribution in [2.45, 2.75) is 6.42 Å². The van der Waals surface area contributed by atoms with Crippen LogP contribution in [0.25, 0.3) is 11.3 Å². The first-order chi connectivity index (χ1) is 9.74. The summed E-state index contributed by atoms with van der Waals surface area (Å²) in [6.07, 6.45) is 2.02. The molecule has 0 aliphatic carbocycles. The lowest BCUT2D eigenvalue weighted by molar-refractivity contribution is 0.570. The van der Waals surface area contributed by atoms with Crippen molar-refractivity contribution in [2.24, 2.45) is 0 Å². The second kappa shape index (κ2) is 5.47. The molecule has 0 saturated carbocycles. The molecule has 0 bridgehead atoms. The average Bonchev–Trinajstić information content (AvgIpc) is 2.88. The van der Waals surface area contributed by atoms with Crippen molar-refractivity contribution in [1.82, 2.24) is 4.98 Å². The minimum Gasteiger partial charge on any atom is -0.443 e. The number of nitrogens with zero attached hydrogens (tertiary/aromatic N) is 1. The van der Waals surface area contributed by atoms with E-state index in [1.807, 2.05) is 30.3 Å². The fourth-order valence-corrected chi connectivity index (χ4v) is 2.33. The largest absolute Gasteiger partial charge is 0.443 e. The number of hydrogen-bond donors (Lipinski definition) is 0. The first-order valence-corrected chi connectivity index (χ1v) is 6.53. The summed E-state index contributed by atoms with van der Waals surface area (Å²) in [6, 6.07) is 14.2. The molecule has 0 spiro atoms. The Balaban J connectivity index is 1.98. The molecule has 0 aliphatic heterocycles. The van der Waals surface area contributed by atoms with Crippen molar-refractivity contribution in [1.29, 1.82) is 0 Å². The van der Waals surface area contributed by atoms with Crippen molar-refractivity contribution in [3.05, 3.63) is 77.0 Å². The first kappa shape index (κ1) is 12.9. The predicted octanol–water partition coefficient (Wildman–Crippen LogP) is 4.72. The topological polar surface area (TPSA) is 26.0 Å². The van der Waals surface area contributed by atoms with Crippen molar-refractivity contribution >= 4 is 11.6 Å². The Bertz CT molecular complexity index is 724. The van der Waals surface area contributed by atoms with Gasteiger partial charge in [0, 0.05) is 12.0 Å². The standard InChI is InChI=1S/C16H11ClFNO/c17-14-9-12(18)6-7-13(14)16-15(19-10-20-16)8-11-4-2-1-3-5-11/h1-7,9-10H,8H2. The predicted molar refractivity (Wildman–Crippen MR) is 76.2 cm³/mol. The summed E-state index contributed by atoms with van der Waals surface area (Å²) in [7, 11) is 0. The fraction of sp³-hybridized carbons (Fsp3) is 0.0625. The summed E-state index contributed by atoms with van der Waals surface area (Å²) in [5, 5.41) is 0.316. The van der Waals surface area contributed by atoms with E-state index < -0.39 is 0 Å². The summed E-state index contributed by atoms with van der Waals surface area (Å²) < 4.78 is 18.5. The number of oxazole rings is 1. The number of aromatic nitrogens is 1. The third-order valence-corrected chi connectivity index (χ3v) is 3.34. The van der Waals surface area contributed by atoms with Crippen molar-refractivity contribution in [2.75, 3.05) is 0 Å². The summed E-state index contributed by atoms with van der Waals surface area (Å²) in [5.41, 5.74) is 2.56. The van der Waals surface area contributed by atoms with Crippen LogP contribution >= 0.6 is 11.6 Å². The van der Waals surface area contributed by atoms with Gasteiger partial charge in [-0.05, 0) is 23.8 Å². The van der Waals surface area contributed by atoms with Gasteiger partial charge in [-0.25, -0.2) is 9.37 Å². The third-order valence-electron chi connectivity index (χ3n) is 3.03. The van der Waals surface area contributed by atoms with Gasteiger partial charge < -0.3 is 4.42 Å². The molecule has 0 unspecified atom stereocenters. The second-order valence-corrected chi connectivity index (χ2v) is 4.82. The van der Waals surface area contributed by atoms with E-state index in [0.29, 0.717) is 22.8 Å². The van der Waals surface area contributed by atoms with Gasteiger partial charge in [0.05, 0.1) is 10.7 Å². The molecule has 0 radical (unpaired) electrons. The molecule has 0 aliphatic rings. The van der Waals surface area contributed by atoms with Crippen LogP contribution in [0.3, 0.4) is 0 Å². The highest BCUT2D eigenvalue weighted by Gasteiger charge is 2.14. The quantitative estimate of drug-likeness (QED) is 0.696. The second-order valence-electron chi connectivity index (χ2n) is 4.41. The first-order valence-electron chi connectivity index (χ1n) is 6.16. The Hall–Kier alpha value is -2.13. The maximum absolute atomic E-state index is 13.1. The van der Waals surface area contributed by atoms with E-state index in [1.165, 1.54) is 18.5 Å². The number of benzene rings is 2. The van der Waals surface area contributed by atoms with Crippen LogP contribution in [0.4, 0.5) is 4.39 Å². The maximum atomic E-state index is 13.1. The van der Waals surface area contributed by atoms with Crippen molar-refractivity contribution in [3.8, 4) is 11.3 Å². The van der Waals surface area contributed by atoms with Crippen LogP contribution in [0.5, 0.6) is 0 Å². The van der Waals surface area contributed by atoms with Gasteiger partial charge in [0.2, 0.25) is 0 Å². The van der Waals surface area contributed by atoms with E-state index in [9.17, 15) is 4.39 Å². The Kier molecular flexibility index (Phi) is 3.52. The lowest BCUT2D eigenvalue weighted by Gasteiger charge is -2.04. The SMILES string of the molecule is Fc1ccc(-c2ocnc2Cc2ccccc2)c(Cl)c1. The van der Waals surface area contributed by atoms with Crippen LogP contribution in [-0.2, 0) is 6.42 Å². The van der Waals surface area contributed by atoms with Crippen LogP contribution < -0.4 is 0 Å². The van der Waals surface area contributed by atoms with E-state index in [4.69, 9.17) is 16.0 Å². The molecule has 0 atom stereocenters. The van der Waals surface area contributed by atoms with Crippen LogP contribution in [0.1, 0.15) is 11.3 Å². The van der Waals surface area contributed by atoms with E-state index in [-0.39, 0.29) is 5.82 Å². The van der Waals surface area contributed by atoms with Gasteiger partial charge in [-0.1, -0.05) is 41.9 Å². The molecule has 2 nitrogen and oxygen atoms in total. The van der Waals surface area contributed by atoms with E-state index in [0.717, 1.165) is 11.3 Å². The van der Waals surface area contributed by atoms with Gasteiger partial charge in [0.15, 0.2) is 12.2 Å². The summed E-state index contributed by atoms with van der Waals surface area (Å²) in [5.74, 6) is 0.210. The fourth-order valence-electron chi connectivity index (χ4n) is 2.08. The van der Waals surface area contributed by atoms with Crippen LogP contribution in [-0.4, -0.2) is 4.98 Å². The van der Waals surface area contributed by atoms with Crippen LogP contribution in [0, 0.1) is 5.82 Å². The zero-order valence-electron chi connectivity index (χ0n) is 10.5. The molecule has 0 saturated heterocycles. The van der Waals surface area contributed by atoms with E-state index in [1.54, 1.807) is 6.07 Å². The minimum absolute atomic E-state index is 0.316. The van der Waals surface area contributed by atoms with Crippen molar-refractivity contribution < 1.29 is 8.81 Å². The van der Waals surface area contributed by atoms with Crippen molar-refractivity contribution in [3.63, 3.8) is 0 Å². The highest BCUT2D eigenvalue weighted by molar-refractivity contribution is 6.33. The molecule has 0 fully saturated rings. The smallest absolute Gasteiger partial charge is 0.181 e. The highest BCUT2D eigenvalue weighted by Crippen LogP contribution is 2.31. The highest BCUT2D eigenvalue weighted by atomic mass is 35.5. The normalized spacial score (nSPS) is 10.7. The summed E-state index contributed by atoms with van der Waals surface area (Å²) in [6.45, 7) is 0. The molecule has 1 heterocycles. The Labute approximate surface area is 120 Å². The Morgan fingerprint density at radius 1 is 1.10 bits per heavy atom. The van der Waals surface area contributed by atoms with Gasteiger partial charge in [0.25, 0.3) is 0 Å². The van der Waals surface area contributed by atoms with E-state index >= 15 is 0 Å².